The Hall–Kier alpha value is -7.27. The average Bonchev–Trinajstić information content (AvgIpc) is 3.69. The van der Waals surface area contributed by atoms with E-state index >= 15 is 0 Å². The van der Waals surface area contributed by atoms with Gasteiger partial charge in [0.25, 0.3) is 0 Å². The van der Waals surface area contributed by atoms with Crippen LogP contribution >= 0.6 is 11.3 Å². The first kappa shape index (κ1) is 33.1. The predicted molar refractivity (Wildman–Crippen MR) is 240 cm³/mol. The number of fused-ring (bicyclic) bond motifs is 7. The van der Waals surface area contributed by atoms with Gasteiger partial charge in [-0.05, 0) is 34.4 Å². The summed E-state index contributed by atoms with van der Waals surface area (Å²) in [6, 6.07) is 70.6. The molecule has 11 rings (SSSR count). The molecule has 11 aromatic rings. The summed E-state index contributed by atoms with van der Waals surface area (Å²) in [7, 11) is 0. The van der Waals surface area contributed by atoms with Gasteiger partial charge in [0.15, 0.2) is 5.82 Å². The summed E-state index contributed by atoms with van der Waals surface area (Å²) in [5, 5.41) is 6.16. The van der Waals surface area contributed by atoms with E-state index in [4.69, 9.17) is 15.0 Å². The third-order valence-electron chi connectivity index (χ3n) is 10.9. The molecule has 57 heavy (non-hydrogen) atoms. The molecule has 0 radical (unpaired) electrons. The molecular formula is C53H33N3S. The Kier molecular flexibility index (Phi) is 8.01. The van der Waals surface area contributed by atoms with E-state index in [0.29, 0.717) is 5.82 Å². The minimum absolute atomic E-state index is 0.704. The molecule has 266 valence electrons. The maximum Gasteiger partial charge on any atom is 0.161 e. The lowest BCUT2D eigenvalue weighted by molar-refractivity contribution is 1.18. The van der Waals surface area contributed by atoms with E-state index < -0.39 is 0 Å². The first-order valence-electron chi connectivity index (χ1n) is 19.2. The van der Waals surface area contributed by atoms with Crippen molar-refractivity contribution in [1.82, 2.24) is 15.0 Å². The highest BCUT2D eigenvalue weighted by atomic mass is 32.1. The molecule has 0 aliphatic rings. The summed E-state index contributed by atoms with van der Waals surface area (Å²) in [4.78, 5) is 15.6. The number of aromatic nitrogens is 3. The van der Waals surface area contributed by atoms with E-state index in [9.17, 15) is 0 Å². The second-order valence-electron chi connectivity index (χ2n) is 14.3. The molecule has 0 atom stereocenters. The van der Waals surface area contributed by atoms with E-state index in [1.54, 1.807) is 0 Å². The number of rotatable bonds is 6. The number of hydrogen-bond acceptors (Lipinski definition) is 4. The van der Waals surface area contributed by atoms with E-state index in [1.165, 1.54) is 47.5 Å². The highest BCUT2D eigenvalue weighted by molar-refractivity contribution is 7.27. The highest BCUT2D eigenvalue weighted by Crippen LogP contribution is 2.46. The van der Waals surface area contributed by atoms with Crippen molar-refractivity contribution in [1.29, 1.82) is 0 Å². The van der Waals surface area contributed by atoms with Crippen molar-refractivity contribution in [3.8, 4) is 67.4 Å². The van der Waals surface area contributed by atoms with Crippen molar-refractivity contribution in [2.75, 3.05) is 0 Å². The van der Waals surface area contributed by atoms with Crippen LogP contribution in [0.4, 0.5) is 0 Å². The Morgan fingerprint density at radius 3 is 1.56 bits per heavy atom. The minimum atomic E-state index is 0.704. The van der Waals surface area contributed by atoms with Crippen LogP contribution in [0.25, 0.3) is 109 Å². The summed E-state index contributed by atoms with van der Waals surface area (Å²) in [5.74, 6) is 0.704. The summed E-state index contributed by atoms with van der Waals surface area (Å²) in [6.45, 7) is 0. The van der Waals surface area contributed by atoms with E-state index in [2.05, 4.69) is 188 Å². The topological polar surface area (TPSA) is 38.7 Å². The molecule has 0 bridgehead atoms. The average molecular weight is 744 g/mol. The van der Waals surface area contributed by atoms with Crippen LogP contribution in [0.15, 0.2) is 200 Å². The van der Waals surface area contributed by atoms with Gasteiger partial charge >= 0.3 is 0 Å². The van der Waals surface area contributed by atoms with Crippen LogP contribution in [0.2, 0.25) is 0 Å². The molecule has 3 aromatic heterocycles. The predicted octanol–water partition coefficient (Wildman–Crippen LogP) is 14.5. The van der Waals surface area contributed by atoms with Gasteiger partial charge in [-0.1, -0.05) is 188 Å². The molecule has 4 heteroatoms. The first-order valence-corrected chi connectivity index (χ1v) is 20.0. The summed E-state index contributed by atoms with van der Waals surface area (Å²) in [6.07, 6.45) is 0. The smallest absolute Gasteiger partial charge is 0.161 e. The minimum Gasteiger partial charge on any atom is -0.247 e. The normalized spacial score (nSPS) is 11.5. The van der Waals surface area contributed by atoms with E-state index in [0.717, 1.165) is 56.0 Å². The van der Waals surface area contributed by atoms with Crippen LogP contribution in [-0.4, -0.2) is 15.0 Å². The lowest BCUT2D eigenvalue weighted by atomic mass is 9.97. The maximum atomic E-state index is 5.24. The van der Waals surface area contributed by atoms with Gasteiger partial charge in [-0.3, -0.25) is 0 Å². The summed E-state index contributed by atoms with van der Waals surface area (Å²) in [5.41, 5.74) is 12.7. The van der Waals surface area contributed by atoms with Crippen molar-refractivity contribution in [3.05, 3.63) is 200 Å². The van der Waals surface area contributed by atoms with Crippen LogP contribution in [0.1, 0.15) is 0 Å². The zero-order chi connectivity index (χ0) is 37.7. The van der Waals surface area contributed by atoms with Crippen molar-refractivity contribution >= 4 is 53.2 Å². The Balaban J connectivity index is 1.05. The number of hydrogen-bond donors (Lipinski definition) is 0. The Morgan fingerprint density at radius 2 is 0.825 bits per heavy atom. The molecule has 8 aromatic carbocycles. The summed E-state index contributed by atoms with van der Waals surface area (Å²) >= 11 is 1.88. The van der Waals surface area contributed by atoms with E-state index in [-0.39, 0.29) is 0 Å². The van der Waals surface area contributed by atoms with Gasteiger partial charge in [0.1, 0.15) is 0 Å². The Bertz CT molecular complexity index is 3260. The lowest BCUT2D eigenvalue weighted by Gasteiger charge is -2.13. The van der Waals surface area contributed by atoms with E-state index in [1.807, 2.05) is 23.5 Å². The van der Waals surface area contributed by atoms with Gasteiger partial charge in [-0.2, -0.15) is 0 Å². The van der Waals surface area contributed by atoms with Crippen molar-refractivity contribution in [2.45, 2.75) is 0 Å². The molecular weight excluding hydrogens is 711 g/mol. The first-order chi connectivity index (χ1) is 28.3. The van der Waals surface area contributed by atoms with Crippen LogP contribution in [0.3, 0.4) is 0 Å². The van der Waals surface area contributed by atoms with Crippen LogP contribution in [0, 0.1) is 0 Å². The van der Waals surface area contributed by atoms with Crippen molar-refractivity contribution in [3.63, 3.8) is 0 Å². The number of thiophene rings is 1. The van der Waals surface area contributed by atoms with Crippen LogP contribution in [0.5, 0.6) is 0 Å². The van der Waals surface area contributed by atoms with Gasteiger partial charge in [-0.15, -0.1) is 11.3 Å². The monoisotopic (exact) mass is 743 g/mol. The number of para-hydroxylation sites is 1. The number of nitrogens with zero attached hydrogens (tertiary/aromatic N) is 3. The van der Waals surface area contributed by atoms with Gasteiger partial charge in [0.2, 0.25) is 0 Å². The molecule has 0 aliphatic carbocycles. The van der Waals surface area contributed by atoms with Gasteiger partial charge in [0.05, 0.1) is 22.6 Å². The van der Waals surface area contributed by atoms with Crippen molar-refractivity contribution < 1.29 is 0 Å². The third-order valence-corrected chi connectivity index (χ3v) is 12.2. The highest BCUT2D eigenvalue weighted by Gasteiger charge is 2.19. The molecule has 0 N–H and O–H groups in total. The molecule has 0 saturated heterocycles. The Labute approximate surface area is 334 Å². The fraction of sp³-hybridized carbons (Fsp3) is 0. The second-order valence-corrected chi connectivity index (χ2v) is 15.3. The molecule has 0 spiro atoms. The quantitative estimate of drug-likeness (QED) is 0.159. The molecule has 0 saturated carbocycles. The Morgan fingerprint density at radius 1 is 0.316 bits per heavy atom. The SMILES string of the molecule is c1ccc(-c2cc(-c3ccc(-c4cccc5c4sc4c5ccc5c(-c6ccccc6)nc6ccccc6c54)cc3)nc(-c3ccccc3-c3ccccc3)n2)cc1. The number of pyridine rings is 1. The number of benzene rings is 8. The molecule has 0 aliphatic heterocycles. The van der Waals surface area contributed by atoms with Gasteiger partial charge in [-0.25, -0.2) is 15.0 Å². The molecule has 0 unspecified atom stereocenters. The largest absolute Gasteiger partial charge is 0.247 e. The molecule has 3 nitrogen and oxygen atoms in total. The molecule has 3 heterocycles. The van der Waals surface area contributed by atoms with Crippen LogP contribution < -0.4 is 0 Å². The van der Waals surface area contributed by atoms with Gasteiger partial charge in [0, 0.05) is 58.6 Å². The molecule has 0 amide bonds. The summed E-state index contributed by atoms with van der Waals surface area (Å²) < 4.78 is 2.57. The fourth-order valence-electron chi connectivity index (χ4n) is 8.17. The standard InChI is InChI=1S/C53H33N3S/c1-4-15-34(16-5-1)39-21-10-11-22-43(39)53-55-47(36-17-6-2-7-18-36)33-48(56-53)37-29-27-35(28-30-37)40-24-14-25-41-42-31-32-45-49(52(42)57-51(40)41)44-23-12-13-26-46(44)54-50(45)38-19-8-3-9-20-38/h1-33H. The third kappa shape index (κ3) is 5.78. The second kappa shape index (κ2) is 13.8. The zero-order valence-corrected chi connectivity index (χ0v) is 31.6. The maximum absolute atomic E-state index is 5.24. The van der Waals surface area contributed by atoms with Crippen LogP contribution in [-0.2, 0) is 0 Å². The molecule has 0 fully saturated rings. The lowest BCUT2D eigenvalue weighted by Crippen LogP contribution is -1.97. The zero-order valence-electron chi connectivity index (χ0n) is 30.8. The van der Waals surface area contributed by atoms with Crippen molar-refractivity contribution in [2.24, 2.45) is 0 Å². The fourth-order valence-corrected chi connectivity index (χ4v) is 9.57. The van der Waals surface area contributed by atoms with Gasteiger partial charge < -0.3 is 0 Å².